The van der Waals surface area contributed by atoms with Crippen LogP contribution in [0.15, 0.2) is 29.4 Å². The van der Waals surface area contributed by atoms with Crippen LogP contribution in [0.3, 0.4) is 0 Å². The molecule has 2 aliphatic rings. The highest BCUT2D eigenvalue weighted by Crippen LogP contribution is 2.42. The molecular formula is C19H24N6O3S. The molecule has 1 aliphatic heterocycles. The monoisotopic (exact) mass is 416 g/mol. The fourth-order valence-electron chi connectivity index (χ4n) is 3.50. The maximum absolute atomic E-state index is 12.7. The number of carbonyl (C=O) groups is 1. The summed E-state index contributed by atoms with van der Waals surface area (Å²) in [6.45, 7) is 3.76. The van der Waals surface area contributed by atoms with Gasteiger partial charge in [0.2, 0.25) is 11.9 Å². The summed E-state index contributed by atoms with van der Waals surface area (Å²) >= 11 is 1.35. The Morgan fingerprint density at radius 1 is 1.24 bits per heavy atom. The van der Waals surface area contributed by atoms with Crippen LogP contribution in [0.5, 0.6) is 0 Å². The average molecular weight is 417 g/mol. The van der Waals surface area contributed by atoms with Crippen molar-refractivity contribution >= 4 is 35.0 Å². The van der Waals surface area contributed by atoms with E-state index in [4.69, 9.17) is 0 Å². The molecule has 0 bridgehead atoms. The van der Waals surface area contributed by atoms with E-state index in [0.717, 1.165) is 49.9 Å². The summed E-state index contributed by atoms with van der Waals surface area (Å²) in [7, 11) is 0. The molecule has 2 aromatic rings. The molecule has 2 heterocycles. The number of hydrogen-bond donors (Lipinski definition) is 1. The van der Waals surface area contributed by atoms with Crippen LogP contribution in [-0.4, -0.2) is 43.9 Å². The molecule has 1 amide bonds. The molecule has 2 fully saturated rings. The Morgan fingerprint density at radius 3 is 2.66 bits per heavy atom. The minimum Gasteiger partial charge on any atom is -0.341 e. The Labute approximate surface area is 173 Å². The zero-order chi connectivity index (χ0) is 20.4. The van der Waals surface area contributed by atoms with Crippen molar-refractivity contribution in [2.24, 2.45) is 0 Å². The molecule has 0 spiro atoms. The highest BCUT2D eigenvalue weighted by molar-refractivity contribution is 8.00. The standard InChI is InChI=1S/C19H24N6O3S/c1-13(17(26)20-15-7-3-4-8-16(15)25(27)28)29-19-22-21-18(24(19)14-9-10-14)23-11-5-2-6-12-23/h3-4,7-8,13-14H,2,5-6,9-12H2,1H3,(H,20,26). The van der Waals surface area contributed by atoms with E-state index in [1.54, 1.807) is 19.1 Å². The summed E-state index contributed by atoms with van der Waals surface area (Å²) in [6, 6.07) is 6.55. The minimum absolute atomic E-state index is 0.119. The second-order valence-electron chi connectivity index (χ2n) is 7.46. The third-order valence-corrected chi connectivity index (χ3v) is 6.26. The number of para-hydroxylation sites is 2. The lowest BCUT2D eigenvalue weighted by Gasteiger charge is -2.28. The summed E-state index contributed by atoms with van der Waals surface area (Å²) in [4.78, 5) is 25.6. The number of nitrogens with zero attached hydrogens (tertiary/aromatic N) is 5. The van der Waals surface area contributed by atoms with Gasteiger partial charge in [-0.15, -0.1) is 10.2 Å². The number of nitro benzene ring substituents is 1. The Bertz CT molecular complexity index is 907. The van der Waals surface area contributed by atoms with E-state index in [0.29, 0.717) is 6.04 Å². The van der Waals surface area contributed by atoms with Gasteiger partial charge in [0.25, 0.3) is 5.69 Å². The van der Waals surface area contributed by atoms with Gasteiger partial charge in [-0.25, -0.2) is 0 Å². The molecule has 1 unspecified atom stereocenters. The van der Waals surface area contributed by atoms with Crippen molar-refractivity contribution in [2.45, 2.75) is 55.5 Å². The van der Waals surface area contributed by atoms with Crippen LogP contribution in [0.25, 0.3) is 0 Å². The predicted molar refractivity (Wildman–Crippen MR) is 111 cm³/mol. The topological polar surface area (TPSA) is 106 Å². The molecule has 10 heteroatoms. The third kappa shape index (κ3) is 4.36. The normalized spacial score (nSPS) is 17.8. The molecule has 4 rings (SSSR count). The molecule has 1 aliphatic carbocycles. The van der Waals surface area contributed by atoms with Gasteiger partial charge in [0, 0.05) is 25.2 Å². The van der Waals surface area contributed by atoms with Crippen molar-refractivity contribution < 1.29 is 9.72 Å². The van der Waals surface area contributed by atoms with Crippen LogP contribution in [0.1, 0.15) is 45.1 Å². The van der Waals surface area contributed by atoms with E-state index >= 15 is 0 Å². The Balaban J connectivity index is 1.48. The van der Waals surface area contributed by atoms with Gasteiger partial charge in [0.05, 0.1) is 10.2 Å². The Kier molecular flexibility index (Phi) is 5.70. The number of thioether (sulfide) groups is 1. The quantitative estimate of drug-likeness (QED) is 0.417. The van der Waals surface area contributed by atoms with Gasteiger partial charge in [-0.3, -0.25) is 19.5 Å². The van der Waals surface area contributed by atoms with E-state index in [2.05, 4.69) is 25.0 Å². The van der Waals surface area contributed by atoms with Crippen molar-refractivity contribution in [3.05, 3.63) is 34.4 Å². The number of nitro groups is 1. The molecule has 1 saturated heterocycles. The number of hydrogen-bond acceptors (Lipinski definition) is 7. The smallest absolute Gasteiger partial charge is 0.292 e. The van der Waals surface area contributed by atoms with Crippen LogP contribution < -0.4 is 10.2 Å². The fraction of sp³-hybridized carbons (Fsp3) is 0.526. The summed E-state index contributed by atoms with van der Waals surface area (Å²) in [5.41, 5.74) is 0.0826. The summed E-state index contributed by atoms with van der Waals surface area (Å²) in [5.74, 6) is 0.607. The first-order valence-corrected chi connectivity index (χ1v) is 10.8. The predicted octanol–water partition coefficient (Wildman–Crippen LogP) is 3.63. The molecule has 1 N–H and O–H groups in total. The van der Waals surface area contributed by atoms with E-state index in [-0.39, 0.29) is 17.3 Å². The molecule has 9 nitrogen and oxygen atoms in total. The summed E-state index contributed by atoms with van der Waals surface area (Å²) in [5, 5.41) is 22.9. The van der Waals surface area contributed by atoms with Crippen LogP contribution in [-0.2, 0) is 4.79 Å². The molecule has 0 radical (unpaired) electrons. The largest absolute Gasteiger partial charge is 0.341 e. The number of rotatable bonds is 7. The van der Waals surface area contributed by atoms with Crippen molar-refractivity contribution in [1.29, 1.82) is 0 Å². The van der Waals surface area contributed by atoms with E-state index in [9.17, 15) is 14.9 Å². The van der Waals surface area contributed by atoms with Gasteiger partial charge < -0.3 is 10.2 Å². The average Bonchev–Trinajstić information content (AvgIpc) is 3.48. The van der Waals surface area contributed by atoms with E-state index in [1.165, 1.54) is 30.3 Å². The number of aromatic nitrogens is 3. The Hall–Kier alpha value is -2.62. The second-order valence-corrected chi connectivity index (χ2v) is 8.76. The number of carbonyl (C=O) groups excluding carboxylic acids is 1. The first kappa shape index (κ1) is 19.7. The number of nitrogens with one attached hydrogen (secondary N) is 1. The maximum Gasteiger partial charge on any atom is 0.292 e. The SMILES string of the molecule is CC(Sc1nnc(N2CCCCC2)n1C1CC1)C(=O)Nc1ccccc1[N+](=O)[O-]. The summed E-state index contributed by atoms with van der Waals surface area (Å²) < 4.78 is 2.17. The van der Waals surface area contributed by atoms with Crippen molar-refractivity contribution in [3.63, 3.8) is 0 Å². The van der Waals surface area contributed by atoms with Gasteiger partial charge in [-0.05, 0) is 45.1 Å². The van der Waals surface area contributed by atoms with Crippen LogP contribution in [0, 0.1) is 10.1 Å². The van der Waals surface area contributed by atoms with Gasteiger partial charge in [0.15, 0.2) is 5.16 Å². The lowest BCUT2D eigenvalue weighted by atomic mass is 10.1. The minimum atomic E-state index is -0.498. The van der Waals surface area contributed by atoms with E-state index < -0.39 is 10.2 Å². The Morgan fingerprint density at radius 2 is 1.97 bits per heavy atom. The molecule has 1 atom stereocenters. The van der Waals surface area contributed by atoms with Crippen LogP contribution in [0.2, 0.25) is 0 Å². The molecular weight excluding hydrogens is 392 g/mol. The highest BCUT2D eigenvalue weighted by Gasteiger charge is 2.33. The zero-order valence-corrected chi connectivity index (χ0v) is 17.1. The van der Waals surface area contributed by atoms with Crippen molar-refractivity contribution in [2.75, 3.05) is 23.3 Å². The summed E-state index contributed by atoms with van der Waals surface area (Å²) in [6.07, 6.45) is 5.77. The van der Waals surface area contributed by atoms with Crippen LogP contribution in [0.4, 0.5) is 17.3 Å². The molecule has 1 aromatic carbocycles. The highest BCUT2D eigenvalue weighted by atomic mass is 32.2. The third-order valence-electron chi connectivity index (χ3n) is 5.21. The fourth-order valence-corrected chi connectivity index (χ4v) is 4.41. The zero-order valence-electron chi connectivity index (χ0n) is 16.3. The number of anilines is 2. The number of amides is 1. The lowest BCUT2D eigenvalue weighted by molar-refractivity contribution is -0.383. The molecule has 1 saturated carbocycles. The van der Waals surface area contributed by atoms with Gasteiger partial charge in [-0.1, -0.05) is 23.9 Å². The first-order valence-electron chi connectivity index (χ1n) is 9.95. The second kappa shape index (κ2) is 8.40. The van der Waals surface area contributed by atoms with Gasteiger partial charge in [0.1, 0.15) is 5.69 Å². The molecule has 154 valence electrons. The first-order chi connectivity index (χ1) is 14.0. The lowest BCUT2D eigenvalue weighted by Crippen LogP contribution is -2.32. The molecule has 1 aromatic heterocycles. The number of benzene rings is 1. The maximum atomic E-state index is 12.7. The van der Waals surface area contributed by atoms with Crippen molar-refractivity contribution in [3.8, 4) is 0 Å². The molecule has 29 heavy (non-hydrogen) atoms. The van der Waals surface area contributed by atoms with Gasteiger partial charge in [-0.2, -0.15) is 0 Å². The van der Waals surface area contributed by atoms with Gasteiger partial charge >= 0.3 is 0 Å². The van der Waals surface area contributed by atoms with E-state index in [1.807, 2.05) is 0 Å². The van der Waals surface area contributed by atoms with Crippen molar-refractivity contribution in [1.82, 2.24) is 14.8 Å². The van der Waals surface area contributed by atoms with Crippen LogP contribution >= 0.6 is 11.8 Å². The number of piperidine rings is 1.